The highest BCUT2D eigenvalue weighted by atomic mass is 79.9. The average Bonchev–Trinajstić information content (AvgIpc) is 2.37. The van der Waals surface area contributed by atoms with Gasteiger partial charge in [-0.25, -0.2) is 13.1 Å². The molecular formula is C14H13Br2NO2S. The summed E-state index contributed by atoms with van der Waals surface area (Å²) in [5, 5.41) is 0. The summed E-state index contributed by atoms with van der Waals surface area (Å²) >= 11 is 6.57. The van der Waals surface area contributed by atoms with E-state index in [1.54, 1.807) is 18.2 Å². The standard InChI is InChI=1S/C14H13Br2NO2S/c1-10-2-4-11(5-3-10)9-17-20(18,19)14-7-6-12(15)8-13(14)16/h2-8,17H,9H2,1H3. The zero-order valence-electron chi connectivity index (χ0n) is 10.7. The number of benzene rings is 2. The molecule has 0 aromatic heterocycles. The fourth-order valence-corrected chi connectivity index (χ4v) is 4.42. The first-order valence-corrected chi connectivity index (χ1v) is 8.96. The van der Waals surface area contributed by atoms with Crippen LogP contribution in [0.25, 0.3) is 0 Å². The summed E-state index contributed by atoms with van der Waals surface area (Å²) in [6.45, 7) is 2.26. The van der Waals surface area contributed by atoms with Crippen LogP contribution in [0.5, 0.6) is 0 Å². The van der Waals surface area contributed by atoms with Crippen LogP contribution in [0.1, 0.15) is 11.1 Å². The van der Waals surface area contributed by atoms with Gasteiger partial charge >= 0.3 is 0 Å². The van der Waals surface area contributed by atoms with Crippen molar-refractivity contribution >= 4 is 41.9 Å². The highest BCUT2D eigenvalue weighted by molar-refractivity contribution is 9.11. The van der Waals surface area contributed by atoms with Gasteiger partial charge in [-0.05, 0) is 46.6 Å². The minimum Gasteiger partial charge on any atom is -0.207 e. The molecule has 1 N–H and O–H groups in total. The summed E-state index contributed by atoms with van der Waals surface area (Å²) in [5.74, 6) is 0. The molecule has 0 fully saturated rings. The van der Waals surface area contributed by atoms with Crippen molar-refractivity contribution < 1.29 is 8.42 Å². The van der Waals surface area contributed by atoms with Crippen LogP contribution in [-0.2, 0) is 16.6 Å². The minimum absolute atomic E-state index is 0.229. The Morgan fingerprint density at radius 2 is 1.70 bits per heavy atom. The van der Waals surface area contributed by atoms with Crippen LogP contribution in [0, 0.1) is 6.92 Å². The molecule has 20 heavy (non-hydrogen) atoms. The van der Waals surface area contributed by atoms with E-state index in [9.17, 15) is 8.42 Å². The molecule has 0 saturated carbocycles. The second-order valence-electron chi connectivity index (χ2n) is 4.38. The fourth-order valence-electron chi connectivity index (χ4n) is 1.66. The third-order valence-electron chi connectivity index (χ3n) is 2.77. The Kier molecular flexibility index (Phi) is 5.01. The number of hydrogen-bond acceptors (Lipinski definition) is 2. The highest BCUT2D eigenvalue weighted by Crippen LogP contribution is 2.25. The lowest BCUT2D eigenvalue weighted by molar-refractivity contribution is 0.581. The Morgan fingerprint density at radius 1 is 1.05 bits per heavy atom. The maximum atomic E-state index is 12.2. The van der Waals surface area contributed by atoms with E-state index in [1.807, 2.05) is 31.2 Å². The van der Waals surface area contributed by atoms with Crippen LogP contribution in [0.4, 0.5) is 0 Å². The van der Waals surface area contributed by atoms with Crippen LogP contribution >= 0.6 is 31.9 Å². The maximum absolute atomic E-state index is 12.2. The zero-order chi connectivity index (χ0) is 14.8. The first kappa shape index (κ1) is 15.7. The molecule has 2 aromatic rings. The quantitative estimate of drug-likeness (QED) is 0.815. The second kappa shape index (κ2) is 6.39. The van der Waals surface area contributed by atoms with Gasteiger partial charge in [0, 0.05) is 15.5 Å². The van der Waals surface area contributed by atoms with Crippen molar-refractivity contribution in [3.8, 4) is 0 Å². The molecule has 6 heteroatoms. The molecule has 2 rings (SSSR count). The van der Waals surface area contributed by atoms with Gasteiger partial charge in [-0.2, -0.15) is 0 Å². The molecular weight excluding hydrogens is 406 g/mol. The lowest BCUT2D eigenvalue weighted by Crippen LogP contribution is -2.23. The molecule has 2 aromatic carbocycles. The van der Waals surface area contributed by atoms with Gasteiger partial charge in [0.25, 0.3) is 0 Å². The number of sulfonamides is 1. The Labute approximate surface area is 135 Å². The maximum Gasteiger partial charge on any atom is 0.241 e. The summed E-state index contributed by atoms with van der Waals surface area (Å²) < 4.78 is 28.4. The molecule has 0 spiro atoms. The van der Waals surface area contributed by atoms with Crippen molar-refractivity contribution in [3.05, 3.63) is 62.5 Å². The zero-order valence-corrected chi connectivity index (χ0v) is 14.7. The van der Waals surface area contributed by atoms with Gasteiger partial charge in [0.1, 0.15) is 0 Å². The monoisotopic (exact) mass is 417 g/mol. The number of halogens is 2. The number of hydrogen-bond donors (Lipinski definition) is 1. The molecule has 0 saturated heterocycles. The van der Waals surface area contributed by atoms with Crippen molar-refractivity contribution in [2.45, 2.75) is 18.4 Å². The van der Waals surface area contributed by atoms with E-state index in [0.29, 0.717) is 4.47 Å². The molecule has 0 unspecified atom stereocenters. The molecule has 0 bridgehead atoms. The summed E-state index contributed by atoms with van der Waals surface area (Å²) in [6, 6.07) is 12.7. The fraction of sp³-hybridized carbons (Fsp3) is 0.143. The van der Waals surface area contributed by atoms with Gasteiger partial charge in [0.05, 0.1) is 4.90 Å². The SMILES string of the molecule is Cc1ccc(CNS(=O)(=O)c2ccc(Br)cc2Br)cc1. The van der Waals surface area contributed by atoms with E-state index in [2.05, 4.69) is 36.6 Å². The largest absolute Gasteiger partial charge is 0.241 e. The van der Waals surface area contributed by atoms with Crippen molar-refractivity contribution in [1.29, 1.82) is 0 Å². The van der Waals surface area contributed by atoms with Gasteiger partial charge in [0.2, 0.25) is 10.0 Å². The molecule has 0 aliphatic rings. The van der Waals surface area contributed by atoms with Gasteiger partial charge in [-0.3, -0.25) is 0 Å². The molecule has 0 amide bonds. The van der Waals surface area contributed by atoms with Crippen LogP contribution in [-0.4, -0.2) is 8.42 Å². The highest BCUT2D eigenvalue weighted by Gasteiger charge is 2.17. The molecule has 0 heterocycles. The van der Waals surface area contributed by atoms with E-state index >= 15 is 0 Å². The molecule has 0 radical (unpaired) electrons. The van der Waals surface area contributed by atoms with Crippen molar-refractivity contribution in [2.75, 3.05) is 0 Å². The topological polar surface area (TPSA) is 46.2 Å². The Hall–Kier alpha value is -0.690. The van der Waals surface area contributed by atoms with Crippen LogP contribution in [0.15, 0.2) is 56.3 Å². The van der Waals surface area contributed by atoms with Crippen LogP contribution in [0.3, 0.4) is 0 Å². The van der Waals surface area contributed by atoms with Gasteiger partial charge < -0.3 is 0 Å². The van der Waals surface area contributed by atoms with Gasteiger partial charge in [0.15, 0.2) is 0 Å². The van der Waals surface area contributed by atoms with E-state index < -0.39 is 10.0 Å². The lowest BCUT2D eigenvalue weighted by atomic mass is 10.2. The Balaban J connectivity index is 2.17. The van der Waals surface area contributed by atoms with Gasteiger partial charge in [-0.15, -0.1) is 0 Å². The van der Waals surface area contributed by atoms with Gasteiger partial charge in [-0.1, -0.05) is 45.8 Å². The molecule has 0 aliphatic carbocycles. The second-order valence-corrected chi connectivity index (χ2v) is 7.89. The summed E-state index contributed by atoms with van der Waals surface area (Å²) in [7, 11) is -3.53. The first-order chi connectivity index (χ1) is 9.38. The lowest BCUT2D eigenvalue weighted by Gasteiger charge is -2.09. The molecule has 0 aliphatic heterocycles. The number of aryl methyl sites for hydroxylation is 1. The molecule has 3 nitrogen and oxygen atoms in total. The minimum atomic E-state index is -3.53. The number of rotatable bonds is 4. The van der Waals surface area contributed by atoms with Crippen molar-refractivity contribution in [3.63, 3.8) is 0 Å². The normalized spacial score (nSPS) is 11.6. The third kappa shape index (κ3) is 3.91. The van der Waals surface area contributed by atoms with E-state index in [4.69, 9.17) is 0 Å². The number of nitrogens with one attached hydrogen (secondary N) is 1. The smallest absolute Gasteiger partial charge is 0.207 e. The summed E-state index contributed by atoms with van der Waals surface area (Å²) in [4.78, 5) is 0.229. The average molecular weight is 419 g/mol. The van der Waals surface area contributed by atoms with Crippen molar-refractivity contribution in [2.24, 2.45) is 0 Å². The predicted molar refractivity (Wildman–Crippen MR) is 87.0 cm³/mol. The Bertz CT molecular complexity index is 712. The first-order valence-electron chi connectivity index (χ1n) is 5.89. The van der Waals surface area contributed by atoms with Crippen LogP contribution in [0.2, 0.25) is 0 Å². The molecule has 0 atom stereocenters. The van der Waals surface area contributed by atoms with E-state index in [-0.39, 0.29) is 11.4 Å². The predicted octanol–water partition coefficient (Wildman–Crippen LogP) is 4.00. The molecule has 106 valence electrons. The van der Waals surface area contributed by atoms with Crippen LogP contribution < -0.4 is 4.72 Å². The van der Waals surface area contributed by atoms with E-state index in [0.717, 1.165) is 15.6 Å². The summed E-state index contributed by atoms with van der Waals surface area (Å²) in [6.07, 6.45) is 0. The Morgan fingerprint density at radius 3 is 2.30 bits per heavy atom. The van der Waals surface area contributed by atoms with E-state index in [1.165, 1.54) is 0 Å². The third-order valence-corrected chi connectivity index (χ3v) is 5.64. The van der Waals surface area contributed by atoms with Crippen molar-refractivity contribution in [1.82, 2.24) is 4.72 Å². The summed E-state index contributed by atoms with van der Waals surface area (Å²) in [5.41, 5.74) is 2.07.